The molecule has 2 unspecified atom stereocenters. The van der Waals surface area contributed by atoms with Gasteiger partial charge in [0.15, 0.2) is 5.79 Å². The summed E-state index contributed by atoms with van der Waals surface area (Å²) in [5.41, 5.74) is 1.73. The minimum atomic E-state index is -0.712. The van der Waals surface area contributed by atoms with Gasteiger partial charge < -0.3 is 14.6 Å². The van der Waals surface area contributed by atoms with Crippen LogP contribution in [0.25, 0.3) is 0 Å². The number of hydrogen-bond acceptors (Lipinski definition) is 4. The lowest BCUT2D eigenvalue weighted by Gasteiger charge is -2.20. The zero-order valence-electron chi connectivity index (χ0n) is 10.1. The molecule has 1 N–H and O–H groups in total. The highest BCUT2D eigenvalue weighted by Gasteiger charge is 2.37. The summed E-state index contributed by atoms with van der Waals surface area (Å²) in [5.74, 6) is -0.622. The van der Waals surface area contributed by atoms with Crippen molar-refractivity contribution in [3.63, 3.8) is 0 Å². The van der Waals surface area contributed by atoms with Crippen molar-refractivity contribution in [2.75, 3.05) is 6.61 Å². The Bertz CT molecular complexity index is 422. The Morgan fingerprint density at radius 1 is 1.59 bits per heavy atom. The molecule has 0 aromatic carbocycles. The zero-order valence-corrected chi connectivity index (χ0v) is 11.7. The molecule has 1 aliphatic heterocycles. The van der Waals surface area contributed by atoms with Crippen molar-refractivity contribution in [3.8, 4) is 0 Å². The molecule has 0 amide bonds. The van der Waals surface area contributed by atoms with Gasteiger partial charge in [-0.3, -0.25) is 0 Å². The molecular weight excluding hydrogens is 286 g/mol. The number of hydrogen-bond donors (Lipinski definition) is 1. The van der Waals surface area contributed by atoms with Crippen LogP contribution < -0.4 is 0 Å². The molecule has 0 aliphatic carbocycles. The Balaban J connectivity index is 2.15. The molecule has 1 aliphatic rings. The van der Waals surface area contributed by atoms with Gasteiger partial charge in [-0.1, -0.05) is 0 Å². The molecule has 94 valence electrons. The number of aliphatic hydroxyl groups is 1. The lowest BCUT2D eigenvalue weighted by molar-refractivity contribution is -0.151. The van der Waals surface area contributed by atoms with E-state index in [0.29, 0.717) is 6.61 Å². The molecule has 17 heavy (non-hydrogen) atoms. The predicted molar refractivity (Wildman–Crippen MR) is 66.5 cm³/mol. The number of nitrogens with zero attached hydrogens (tertiary/aromatic N) is 1. The molecule has 2 atom stereocenters. The number of pyridine rings is 1. The first-order valence-corrected chi connectivity index (χ1v) is 6.30. The van der Waals surface area contributed by atoms with Crippen molar-refractivity contribution in [2.45, 2.75) is 38.8 Å². The molecular formula is C12H16BrNO3. The highest BCUT2D eigenvalue weighted by atomic mass is 79.9. The van der Waals surface area contributed by atoms with Gasteiger partial charge in [0.1, 0.15) is 16.8 Å². The van der Waals surface area contributed by atoms with E-state index in [9.17, 15) is 5.11 Å². The van der Waals surface area contributed by atoms with Crippen LogP contribution in [0.1, 0.15) is 31.1 Å². The Kier molecular flexibility index (Phi) is 3.54. The summed E-state index contributed by atoms with van der Waals surface area (Å²) < 4.78 is 11.9. The monoisotopic (exact) mass is 301 g/mol. The molecule has 0 spiro atoms. The Hall–Kier alpha value is -0.490. The first-order chi connectivity index (χ1) is 7.89. The summed E-state index contributed by atoms with van der Waals surface area (Å²) in [5, 5.41) is 10.2. The zero-order chi connectivity index (χ0) is 12.6. The van der Waals surface area contributed by atoms with Gasteiger partial charge in [0.25, 0.3) is 0 Å². The maximum Gasteiger partial charge on any atom is 0.163 e. The minimum absolute atomic E-state index is 0.340. The number of halogens is 1. The third-order valence-electron chi connectivity index (χ3n) is 2.76. The fourth-order valence-corrected chi connectivity index (χ4v) is 2.04. The van der Waals surface area contributed by atoms with Crippen LogP contribution >= 0.6 is 15.9 Å². The fraction of sp³-hybridized carbons (Fsp3) is 0.583. The van der Waals surface area contributed by atoms with Crippen molar-refractivity contribution in [1.29, 1.82) is 0 Å². The average Bonchev–Trinajstić information content (AvgIpc) is 2.62. The van der Waals surface area contributed by atoms with Gasteiger partial charge in [-0.05, 0) is 48.3 Å². The van der Waals surface area contributed by atoms with Crippen LogP contribution in [0.15, 0.2) is 16.9 Å². The highest BCUT2D eigenvalue weighted by Crippen LogP contribution is 2.31. The summed E-state index contributed by atoms with van der Waals surface area (Å²) in [6.07, 6.45) is 0.597. The van der Waals surface area contributed by atoms with Crippen LogP contribution in [-0.2, 0) is 9.47 Å². The van der Waals surface area contributed by atoms with Gasteiger partial charge >= 0.3 is 0 Å². The SMILES string of the molecule is Cc1cc(C(O)C2COC(C)(C)O2)cnc1Br. The predicted octanol–water partition coefficient (Wildman–Crippen LogP) is 2.34. The second-order valence-electron chi connectivity index (χ2n) is 4.69. The molecule has 0 bridgehead atoms. The molecule has 1 fully saturated rings. The van der Waals surface area contributed by atoms with E-state index in [2.05, 4.69) is 20.9 Å². The molecule has 1 aromatic heterocycles. The Morgan fingerprint density at radius 3 is 2.82 bits per heavy atom. The van der Waals surface area contributed by atoms with Gasteiger partial charge in [0.2, 0.25) is 0 Å². The van der Waals surface area contributed by atoms with Crippen LogP contribution in [-0.4, -0.2) is 28.6 Å². The smallest absolute Gasteiger partial charge is 0.163 e. The van der Waals surface area contributed by atoms with Gasteiger partial charge in [0, 0.05) is 11.8 Å². The molecule has 5 heteroatoms. The van der Waals surface area contributed by atoms with Gasteiger partial charge in [-0.15, -0.1) is 0 Å². The third-order valence-corrected chi connectivity index (χ3v) is 3.59. The summed E-state index contributed by atoms with van der Waals surface area (Å²) in [6, 6.07) is 1.90. The molecule has 2 heterocycles. The summed E-state index contributed by atoms with van der Waals surface area (Å²) in [7, 11) is 0. The lowest BCUT2D eigenvalue weighted by Crippen LogP contribution is -2.25. The number of ether oxygens (including phenoxy) is 2. The van der Waals surface area contributed by atoms with E-state index in [1.807, 2.05) is 26.8 Å². The Labute approximate surface area is 109 Å². The van der Waals surface area contributed by atoms with Crippen LogP contribution in [0, 0.1) is 6.92 Å². The van der Waals surface area contributed by atoms with Crippen LogP contribution in [0.5, 0.6) is 0 Å². The molecule has 0 radical (unpaired) electrons. The van der Waals surface area contributed by atoms with E-state index in [4.69, 9.17) is 9.47 Å². The van der Waals surface area contributed by atoms with E-state index in [-0.39, 0.29) is 6.10 Å². The quantitative estimate of drug-likeness (QED) is 0.852. The normalized spacial score (nSPS) is 24.9. The first-order valence-electron chi connectivity index (χ1n) is 5.51. The molecule has 0 saturated carbocycles. The van der Waals surface area contributed by atoms with E-state index < -0.39 is 11.9 Å². The number of aromatic nitrogens is 1. The van der Waals surface area contributed by atoms with Gasteiger partial charge in [0.05, 0.1) is 6.61 Å². The van der Waals surface area contributed by atoms with E-state index >= 15 is 0 Å². The topological polar surface area (TPSA) is 51.6 Å². The third kappa shape index (κ3) is 2.85. The van der Waals surface area contributed by atoms with Crippen LogP contribution in [0.3, 0.4) is 0 Å². The van der Waals surface area contributed by atoms with Crippen molar-refractivity contribution >= 4 is 15.9 Å². The maximum absolute atomic E-state index is 10.2. The standard InChI is InChI=1S/C12H16BrNO3/c1-7-4-8(5-14-11(7)13)10(15)9-6-16-12(2,3)17-9/h4-5,9-10,15H,6H2,1-3H3. The molecule has 2 rings (SSSR count). The van der Waals surface area contributed by atoms with E-state index in [0.717, 1.165) is 15.7 Å². The van der Waals surface area contributed by atoms with Crippen LogP contribution in [0.2, 0.25) is 0 Å². The summed E-state index contributed by atoms with van der Waals surface area (Å²) in [6.45, 7) is 6.00. The lowest BCUT2D eigenvalue weighted by atomic mass is 10.1. The summed E-state index contributed by atoms with van der Waals surface area (Å²) >= 11 is 3.33. The van der Waals surface area contributed by atoms with Crippen molar-refractivity contribution in [1.82, 2.24) is 4.98 Å². The van der Waals surface area contributed by atoms with Crippen molar-refractivity contribution in [3.05, 3.63) is 28.0 Å². The number of aliphatic hydroxyl groups excluding tert-OH is 1. The maximum atomic E-state index is 10.2. The second kappa shape index (κ2) is 4.65. The van der Waals surface area contributed by atoms with E-state index in [1.54, 1.807) is 6.20 Å². The van der Waals surface area contributed by atoms with Crippen molar-refractivity contribution in [2.24, 2.45) is 0 Å². The first kappa shape index (κ1) is 13.0. The molecule has 4 nitrogen and oxygen atoms in total. The summed E-state index contributed by atoms with van der Waals surface area (Å²) in [4.78, 5) is 4.17. The van der Waals surface area contributed by atoms with Gasteiger partial charge in [-0.25, -0.2) is 4.98 Å². The highest BCUT2D eigenvalue weighted by molar-refractivity contribution is 9.10. The Morgan fingerprint density at radius 2 is 2.29 bits per heavy atom. The van der Waals surface area contributed by atoms with E-state index in [1.165, 1.54) is 0 Å². The second-order valence-corrected chi connectivity index (χ2v) is 5.44. The largest absolute Gasteiger partial charge is 0.386 e. The molecule has 1 aromatic rings. The van der Waals surface area contributed by atoms with Gasteiger partial charge in [-0.2, -0.15) is 0 Å². The van der Waals surface area contributed by atoms with Crippen molar-refractivity contribution < 1.29 is 14.6 Å². The minimum Gasteiger partial charge on any atom is -0.386 e. The molecule has 1 saturated heterocycles. The number of aryl methyl sites for hydroxylation is 1. The average molecular weight is 302 g/mol. The number of rotatable bonds is 2. The van der Waals surface area contributed by atoms with Crippen LogP contribution in [0.4, 0.5) is 0 Å². The fourth-order valence-electron chi connectivity index (χ4n) is 1.83.